The molecule has 0 heterocycles. The second-order valence-electron chi connectivity index (χ2n) is 4.49. The van der Waals surface area contributed by atoms with Gasteiger partial charge in [-0.1, -0.05) is 12.2 Å². The van der Waals surface area contributed by atoms with Crippen LogP contribution in [0.25, 0.3) is 0 Å². The summed E-state index contributed by atoms with van der Waals surface area (Å²) < 4.78 is 0. The Morgan fingerprint density at radius 3 is 2.62 bits per heavy atom. The summed E-state index contributed by atoms with van der Waals surface area (Å²) in [5, 5.41) is 10.2. The second-order valence-corrected chi connectivity index (χ2v) is 4.49. The number of ketones is 1. The van der Waals surface area contributed by atoms with Gasteiger partial charge < -0.3 is 5.11 Å². The third kappa shape index (κ3) is 1.08. The Balaban J connectivity index is 2.33. The Hall–Kier alpha value is -0.630. The van der Waals surface area contributed by atoms with Crippen LogP contribution in [0.15, 0.2) is 12.2 Å². The minimum atomic E-state index is -1.07. The van der Waals surface area contributed by atoms with Gasteiger partial charge in [-0.3, -0.25) is 4.79 Å². The lowest BCUT2D eigenvalue weighted by atomic mass is 9.67. The van der Waals surface area contributed by atoms with E-state index in [2.05, 4.69) is 12.2 Å². The Bertz CT molecular complexity index is 261. The minimum Gasteiger partial charge on any atom is -0.382 e. The van der Waals surface area contributed by atoms with Crippen LogP contribution in [0, 0.1) is 5.41 Å². The van der Waals surface area contributed by atoms with E-state index in [-0.39, 0.29) is 11.2 Å². The second kappa shape index (κ2) is 2.68. The van der Waals surface area contributed by atoms with Crippen LogP contribution in [0.1, 0.15) is 39.0 Å². The van der Waals surface area contributed by atoms with E-state index in [9.17, 15) is 9.90 Å². The molecule has 2 nitrogen and oxygen atoms in total. The maximum absolute atomic E-state index is 11.5. The van der Waals surface area contributed by atoms with Crippen molar-refractivity contribution in [1.82, 2.24) is 0 Å². The van der Waals surface area contributed by atoms with E-state index < -0.39 is 5.60 Å². The molecular weight excluding hydrogens is 164 g/mol. The molecule has 0 radical (unpaired) electrons. The van der Waals surface area contributed by atoms with Crippen molar-refractivity contribution in [1.29, 1.82) is 0 Å². The summed E-state index contributed by atoms with van der Waals surface area (Å²) in [5.41, 5.74) is -1.21. The van der Waals surface area contributed by atoms with Crippen LogP contribution in [0.4, 0.5) is 0 Å². The predicted molar refractivity (Wildman–Crippen MR) is 50.3 cm³/mol. The van der Waals surface area contributed by atoms with Gasteiger partial charge in [-0.05, 0) is 32.6 Å². The first-order valence-electron chi connectivity index (χ1n) is 4.99. The number of Topliss-reactive ketones (excluding diaryl/α,β-unsaturated/α-hetero) is 1. The van der Waals surface area contributed by atoms with Crippen molar-refractivity contribution in [2.24, 2.45) is 5.41 Å². The van der Waals surface area contributed by atoms with E-state index in [4.69, 9.17) is 0 Å². The maximum Gasteiger partial charge on any atom is 0.164 e. The molecule has 1 N–H and O–H groups in total. The molecule has 2 unspecified atom stereocenters. The van der Waals surface area contributed by atoms with Crippen LogP contribution in [0.3, 0.4) is 0 Å². The number of hydrogen-bond acceptors (Lipinski definition) is 2. The standard InChI is InChI=1S/C11H16O2/c1-10(13)9(12)5-8-11(10)6-3-2-4-7-11/h2-3,13H,4-8H2,1H3. The largest absolute Gasteiger partial charge is 0.382 e. The molecule has 0 bridgehead atoms. The third-order valence-corrected chi connectivity index (χ3v) is 3.87. The SMILES string of the molecule is CC1(O)C(=O)CCC12CC=CCC2. The summed E-state index contributed by atoms with van der Waals surface area (Å²) in [4.78, 5) is 11.5. The topological polar surface area (TPSA) is 37.3 Å². The van der Waals surface area contributed by atoms with Gasteiger partial charge in [0.05, 0.1) is 0 Å². The summed E-state index contributed by atoms with van der Waals surface area (Å²) in [6, 6.07) is 0. The van der Waals surface area contributed by atoms with Crippen LogP contribution in [-0.2, 0) is 4.79 Å². The zero-order chi connectivity index (χ0) is 9.53. The summed E-state index contributed by atoms with van der Waals surface area (Å²) in [7, 11) is 0. The average molecular weight is 180 g/mol. The zero-order valence-corrected chi connectivity index (χ0v) is 8.05. The molecule has 0 aromatic heterocycles. The summed E-state index contributed by atoms with van der Waals surface area (Å²) in [5.74, 6) is 0.0304. The van der Waals surface area contributed by atoms with Crippen LogP contribution in [-0.4, -0.2) is 16.5 Å². The van der Waals surface area contributed by atoms with Crippen LogP contribution in [0.5, 0.6) is 0 Å². The highest BCUT2D eigenvalue weighted by atomic mass is 16.3. The number of carbonyl (C=O) groups excluding carboxylic acids is 1. The lowest BCUT2D eigenvalue weighted by Gasteiger charge is -2.39. The van der Waals surface area contributed by atoms with Crippen molar-refractivity contribution in [3.63, 3.8) is 0 Å². The molecule has 0 aliphatic heterocycles. The molecule has 2 aliphatic carbocycles. The van der Waals surface area contributed by atoms with Gasteiger partial charge in [-0.2, -0.15) is 0 Å². The monoisotopic (exact) mass is 180 g/mol. The van der Waals surface area contributed by atoms with Crippen molar-refractivity contribution in [2.45, 2.75) is 44.6 Å². The van der Waals surface area contributed by atoms with Gasteiger partial charge in [0.2, 0.25) is 0 Å². The molecule has 1 spiro atoms. The van der Waals surface area contributed by atoms with Crippen molar-refractivity contribution in [3.05, 3.63) is 12.2 Å². The lowest BCUT2D eigenvalue weighted by Crippen LogP contribution is -2.46. The fraction of sp³-hybridized carbons (Fsp3) is 0.727. The maximum atomic E-state index is 11.5. The highest BCUT2D eigenvalue weighted by Crippen LogP contribution is 2.51. The number of rotatable bonds is 0. The molecule has 0 amide bonds. The molecule has 0 aromatic carbocycles. The Labute approximate surface area is 78.6 Å². The molecule has 1 saturated carbocycles. The van der Waals surface area contributed by atoms with Crippen LogP contribution in [0.2, 0.25) is 0 Å². The van der Waals surface area contributed by atoms with E-state index in [1.54, 1.807) is 6.92 Å². The molecule has 13 heavy (non-hydrogen) atoms. The Morgan fingerprint density at radius 1 is 1.38 bits per heavy atom. The molecule has 2 heteroatoms. The van der Waals surface area contributed by atoms with E-state index >= 15 is 0 Å². The summed E-state index contributed by atoms with van der Waals surface area (Å²) >= 11 is 0. The van der Waals surface area contributed by atoms with Crippen LogP contribution < -0.4 is 0 Å². The summed E-state index contributed by atoms with van der Waals surface area (Å²) in [6.07, 6.45) is 8.50. The zero-order valence-electron chi connectivity index (χ0n) is 8.05. The normalized spacial score (nSPS) is 44.6. The van der Waals surface area contributed by atoms with E-state index in [0.29, 0.717) is 6.42 Å². The van der Waals surface area contributed by atoms with Gasteiger partial charge in [0.15, 0.2) is 5.78 Å². The number of allylic oxidation sites excluding steroid dienone is 2. The molecular formula is C11H16O2. The Kier molecular flexibility index (Phi) is 1.84. The number of hydrogen-bond donors (Lipinski definition) is 1. The number of carbonyl (C=O) groups is 1. The predicted octanol–water partition coefficient (Wildman–Crippen LogP) is 1.83. The molecule has 1 fully saturated rings. The van der Waals surface area contributed by atoms with E-state index in [1.807, 2.05) is 0 Å². The van der Waals surface area contributed by atoms with Gasteiger partial charge in [0, 0.05) is 11.8 Å². The first-order valence-corrected chi connectivity index (χ1v) is 4.99. The smallest absolute Gasteiger partial charge is 0.164 e. The molecule has 2 rings (SSSR count). The third-order valence-electron chi connectivity index (χ3n) is 3.87. The molecule has 0 aromatic rings. The molecule has 2 atom stereocenters. The lowest BCUT2D eigenvalue weighted by molar-refractivity contribution is -0.141. The van der Waals surface area contributed by atoms with Gasteiger partial charge in [0.25, 0.3) is 0 Å². The number of aliphatic hydroxyl groups is 1. The highest BCUT2D eigenvalue weighted by Gasteiger charge is 2.55. The van der Waals surface area contributed by atoms with Gasteiger partial charge in [-0.25, -0.2) is 0 Å². The quantitative estimate of drug-likeness (QED) is 0.577. The fourth-order valence-corrected chi connectivity index (χ4v) is 2.69. The van der Waals surface area contributed by atoms with E-state index in [1.165, 1.54) is 0 Å². The van der Waals surface area contributed by atoms with E-state index in [0.717, 1.165) is 25.7 Å². The van der Waals surface area contributed by atoms with Gasteiger partial charge >= 0.3 is 0 Å². The van der Waals surface area contributed by atoms with Crippen molar-refractivity contribution in [2.75, 3.05) is 0 Å². The molecule has 2 aliphatic rings. The first kappa shape index (κ1) is 8.95. The molecule has 72 valence electrons. The van der Waals surface area contributed by atoms with Gasteiger partial charge in [0.1, 0.15) is 5.60 Å². The van der Waals surface area contributed by atoms with Crippen molar-refractivity contribution >= 4 is 5.78 Å². The average Bonchev–Trinajstić information content (AvgIpc) is 2.33. The van der Waals surface area contributed by atoms with Crippen molar-refractivity contribution in [3.8, 4) is 0 Å². The van der Waals surface area contributed by atoms with Crippen molar-refractivity contribution < 1.29 is 9.90 Å². The van der Waals surface area contributed by atoms with Gasteiger partial charge in [-0.15, -0.1) is 0 Å². The van der Waals surface area contributed by atoms with Crippen LogP contribution >= 0.6 is 0 Å². The molecule has 0 saturated heterocycles. The highest BCUT2D eigenvalue weighted by molar-refractivity contribution is 5.90. The minimum absolute atomic E-state index is 0.0304. The fourth-order valence-electron chi connectivity index (χ4n) is 2.69. The summed E-state index contributed by atoms with van der Waals surface area (Å²) in [6.45, 7) is 1.70. The first-order chi connectivity index (χ1) is 6.08. The Morgan fingerprint density at radius 2 is 2.15 bits per heavy atom.